The summed E-state index contributed by atoms with van der Waals surface area (Å²) in [6.45, 7) is 0. The highest BCUT2D eigenvalue weighted by molar-refractivity contribution is 14.1. The third kappa shape index (κ3) is 2.32. The molecule has 2 heterocycles. The highest BCUT2D eigenvalue weighted by Gasteiger charge is 2.19. The Kier molecular flexibility index (Phi) is 3.64. The molecule has 0 aliphatic carbocycles. The van der Waals surface area contributed by atoms with Crippen molar-refractivity contribution >= 4 is 55.6 Å². The van der Waals surface area contributed by atoms with Crippen LogP contribution in [0.25, 0.3) is 5.52 Å². The highest BCUT2D eigenvalue weighted by Crippen LogP contribution is 2.37. The molecule has 0 amide bonds. The summed E-state index contributed by atoms with van der Waals surface area (Å²) < 4.78 is 9.07. The van der Waals surface area contributed by atoms with Gasteiger partial charge in [0.25, 0.3) is 0 Å². The Bertz CT molecular complexity index is 748. The van der Waals surface area contributed by atoms with Crippen LogP contribution in [0.5, 0.6) is 11.6 Å². The molecule has 0 radical (unpaired) electrons. The van der Waals surface area contributed by atoms with Crippen LogP contribution in [0, 0.1) is 3.57 Å². The second kappa shape index (κ2) is 5.26. The SMILES string of the molecule is Clc1c(I)c(Br)c2c(Oc3ccccc3)ncnn12. The standard InChI is InChI=1S/C12H6BrClIN3O/c13-8-9(15)11(14)18-10(8)12(16-6-17-18)19-7-4-2-1-3-5-7/h1-6H. The van der Waals surface area contributed by atoms with Crippen LogP contribution in [0.2, 0.25) is 5.15 Å². The summed E-state index contributed by atoms with van der Waals surface area (Å²) in [5, 5.41) is 4.65. The number of fused-ring (bicyclic) bond motifs is 1. The smallest absolute Gasteiger partial charge is 0.248 e. The molecule has 0 aliphatic rings. The second-order valence-corrected chi connectivity index (χ2v) is 5.89. The van der Waals surface area contributed by atoms with Crippen LogP contribution in [0.3, 0.4) is 0 Å². The summed E-state index contributed by atoms with van der Waals surface area (Å²) in [6, 6.07) is 9.45. The molecule has 0 N–H and O–H groups in total. The molecule has 1 aromatic carbocycles. The number of para-hydroxylation sites is 1. The van der Waals surface area contributed by atoms with Gasteiger partial charge in [-0.15, -0.1) is 0 Å². The molecule has 0 atom stereocenters. The van der Waals surface area contributed by atoms with Crippen LogP contribution in [0.4, 0.5) is 0 Å². The summed E-state index contributed by atoms with van der Waals surface area (Å²) in [5.74, 6) is 1.17. The normalized spacial score (nSPS) is 10.9. The number of hydrogen-bond donors (Lipinski definition) is 0. The van der Waals surface area contributed by atoms with Crippen LogP contribution in [0.1, 0.15) is 0 Å². The fraction of sp³-hybridized carbons (Fsp3) is 0. The van der Waals surface area contributed by atoms with E-state index in [0.29, 0.717) is 22.3 Å². The zero-order valence-electron chi connectivity index (χ0n) is 9.35. The highest BCUT2D eigenvalue weighted by atomic mass is 127. The summed E-state index contributed by atoms with van der Waals surface area (Å²) in [4.78, 5) is 4.17. The van der Waals surface area contributed by atoms with E-state index in [-0.39, 0.29) is 0 Å². The fourth-order valence-electron chi connectivity index (χ4n) is 1.64. The third-order valence-electron chi connectivity index (χ3n) is 2.48. The van der Waals surface area contributed by atoms with Gasteiger partial charge in [0.15, 0.2) is 0 Å². The lowest BCUT2D eigenvalue weighted by atomic mass is 10.3. The monoisotopic (exact) mass is 449 g/mol. The van der Waals surface area contributed by atoms with Crippen molar-refractivity contribution in [2.75, 3.05) is 0 Å². The lowest BCUT2D eigenvalue weighted by Crippen LogP contribution is -1.96. The summed E-state index contributed by atoms with van der Waals surface area (Å²) in [6.07, 6.45) is 1.42. The average Bonchev–Trinajstić information content (AvgIpc) is 2.66. The first-order chi connectivity index (χ1) is 9.18. The van der Waals surface area contributed by atoms with Crippen LogP contribution in [-0.4, -0.2) is 14.6 Å². The van der Waals surface area contributed by atoms with Crippen molar-refractivity contribution in [3.63, 3.8) is 0 Å². The van der Waals surface area contributed by atoms with Crippen molar-refractivity contribution in [3.05, 3.63) is 49.9 Å². The molecule has 0 saturated heterocycles. The first kappa shape index (κ1) is 13.1. The van der Waals surface area contributed by atoms with E-state index in [2.05, 4.69) is 48.6 Å². The molecule has 0 spiro atoms. The van der Waals surface area contributed by atoms with E-state index in [1.165, 1.54) is 6.33 Å². The molecule has 96 valence electrons. The molecule has 0 saturated carbocycles. The van der Waals surface area contributed by atoms with Gasteiger partial charge in [-0.2, -0.15) is 10.1 Å². The quantitative estimate of drug-likeness (QED) is 0.538. The van der Waals surface area contributed by atoms with Gasteiger partial charge in [0.05, 0.1) is 8.04 Å². The number of rotatable bonds is 2. The van der Waals surface area contributed by atoms with Gasteiger partial charge in [0.2, 0.25) is 5.88 Å². The Morgan fingerprint density at radius 1 is 1.26 bits per heavy atom. The maximum absolute atomic E-state index is 6.20. The predicted octanol–water partition coefficient (Wildman–Crippen LogP) is 4.54. The molecule has 0 aliphatic heterocycles. The van der Waals surface area contributed by atoms with Gasteiger partial charge < -0.3 is 4.74 Å². The third-order valence-corrected chi connectivity index (χ3v) is 5.71. The maximum atomic E-state index is 6.20. The lowest BCUT2D eigenvalue weighted by molar-refractivity contribution is 0.463. The molecule has 3 rings (SSSR count). The topological polar surface area (TPSA) is 39.4 Å². The zero-order valence-corrected chi connectivity index (χ0v) is 13.8. The first-order valence-corrected chi connectivity index (χ1v) is 7.52. The van der Waals surface area contributed by atoms with Crippen molar-refractivity contribution in [2.24, 2.45) is 0 Å². The van der Waals surface area contributed by atoms with E-state index in [1.807, 2.05) is 30.3 Å². The second-order valence-electron chi connectivity index (χ2n) is 3.66. The molecule has 4 nitrogen and oxygen atoms in total. The molecular formula is C12H6BrClIN3O. The number of nitrogens with zero attached hydrogens (tertiary/aromatic N) is 3. The first-order valence-electron chi connectivity index (χ1n) is 5.27. The molecular weight excluding hydrogens is 444 g/mol. The number of aromatic nitrogens is 3. The van der Waals surface area contributed by atoms with Crippen molar-refractivity contribution in [3.8, 4) is 11.6 Å². The Morgan fingerprint density at radius 3 is 2.74 bits per heavy atom. The van der Waals surface area contributed by atoms with E-state index in [1.54, 1.807) is 4.52 Å². The molecule has 19 heavy (non-hydrogen) atoms. The number of hydrogen-bond acceptors (Lipinski definition) is 3. The number of benzene rings is 1. The van der Waals surface area contributed by atoms with E-state index < -0.39 is 0 Å². The molecule has 0 bridgehead atoms. The van der Waals surface area contributed by atoms with Crippen molar-refractivity contribution < 1.29 is 4.74 Å². The molecule has 0 fully saturated rings. The van der Waals surface area contributed by atoms with E-state index in [4.69, 9.17) is 16.3 Å². The predicted molar refractivity (Wildman–Crippen MR) is 84.9 cm³/mol. The van der Waals surface area contributed by atoms with Crippen molar-refractivity contribution in [1.29, 1.82) is 0 Å². The average molecular weight is 450 g/mol. The Morgan fingerprint density at radius 2 is 2.00 bits per heavy atom. The molecule has 2 aromatic heterocycles. The van der Waals surface area contributed by atoms with Crippen LogP contribution < -0.4 is 4.74 Å². The largest absolute Gasteiger partial charge is 0.437 e. The van der Waals surface area contributed by atoms with E-state index in [0.717, 1.165) is 8.04 Å². The number of halogens is 3. The minimum absolute atomic E-state index is 0.456. The molecule has 3 aromatic rings. The van der Waals surface area contributed by atoms with Gasteiger partial charge in [-0.3, -0.25) is 0 Å². The van der Waals surface area contributed by atoms with Gasteiger partial charge in [-0.05, 0) is 50.7 Å². The summed E-state index contributed by atoms with van der Waals surface area (Å²) in [5.41, 5.74) is 0.709. The lowest BCUT2D eigenvalue weighted by Gasteiger charge is -2.06. The van der Waals surface area contributed by atoms with Crippen molar-refractivity contribution in [2.45, 2.75) is 0 Å². The Labute approximate surface area is 136 Å². The van der Waals surface area contributed by atoms with Gasteiger partial charge in [0.1, 0.15) is 22.7 Å². The molecule has 0 unspecified atom stereocenters. The van der Waals surface area contributed by atoms with Gasteiger partial charge >= 0.3 is 0 Å². The summed E-state index contributed by atoms with van der Waals surface area (Å²) in [7, 11) is 0. The van der Waals surface area contributed by atoms with Crippen LogP contribution >= 0.6 is 50.1 Å². The summed E-state index contributed by atoms with van der Waals surface area (Å²) >= 11 is 11.8. The Balaban J connectivity index is 2.17. The van der Waals surface area contributed by atoms with Gasteiger partial charge in [-0.1, -0.05) is 29.8 Å². The van der Waals surface area contributed by atoms with E-state index >= 15 is 0 Å². The minimum Gasteiger partial charge on any atom is -0.437 e. The van der Waals surface area contributed by atoms with Gasteiger partial charge in [-0.25, -0.2) is 4.52 Å². The molecule has 7 heteroatoms. The fourth-order valence-corrected chi connectivity index (χ4v) is 2.98. The maximum Gasteiger partial charge on any atom is 0.248 e. The van der Waals surface area contributed by atoms with Crippen LogP contribution in [0.15, 0.2) is 41.1 Å². The minimum atomic E-state index is 0.456. The van der Waals surface area contributed by atoms with Crippen molar-refractivity contribution in [1.82, 2.24) is 14.6 Å². The number of ether oxygens (including phenoxy) is 1. The van der Waals surface area contributed by atoms with Crippen LogP contribution in [-0.2, 0) is 0 Å². The Hall–Kier alpha value is -0.860. The van der Waals surface area contributed by atoms with E-state index in [9.17, 15) is 0 Å². The zero-order chi connectivity index (χ0) is 13.4. The van der Waals surface area contributed by atoms with Gasteiger partial charge in [0, 0.05) is 0 Å².